The molecule has 0 amide bonds. The van der Waals surface area contributed by atoms with Gasteiger partial charge in [-0.05, 0) is 37.1 Å². The van der Waals surface area contributed by atoms with E-state index in [0.29, 0.717) is 9.90 Å². The summed E-state index contributed by atoms with van der Waals surface area (Å²) < 4.78 is 27.6. The summed E-state index contributed by atoms with van der Waals surface area (Å²) in [5, 5.41) is 0. The minimum atomic E-state index is -3.50. The number of para-hydroxylation sites is 1. The van der Waals surface area contributed by atoms with E-state index in [1.807, 2.05) is 31.2 Å². The van der Waals surface area contributed by atoms with Gasteiger partial charge in [0, 0.05) is 16.6 Å². The highest BCUT2D eigenvalue weighted by Crippen LogP contribution is 2.25. The Morgan fingerprint density at radius 3 is 2.55 bits per heavy atom. The number of benzene rings is 1. The Morgan fingerprint density at radius 1 is 1.25 bits per heavy atom. The average molecular weight is 310 g/mol. The van der Waals surface area contributed by atoms with Crippen LogP contribution in [0.5, 0.6) is 0 Å². The lowest BCUT2D eigenvalue weighted by Crippen LogP contribution is -2.26. The molecule has 2 aromatic rings. The van der Waals surface area contributed by atoms with Gasteiger partial charge in [-0.25, -0.2) is 13.1 Å². The SMILES string of the molecule is CCc1ccc(S(=O)(=O)NC(C)c2ccccc2N)s1. The molecule has 1 heterocycles. The van der Waals surface area contributed by atoms with Crippen LogP contribution >= 0.6 is 11.3 Å². The molecule has 6 heteroatoms. The summed E-state index contributed by atoms with van der Waals surface area (Å²) in [6, 6.07) is 10.4. The van der Waals surface area contributed by atoms with Crippen molar-refractivity contribution in [2.24, 2.45) is 0 Å². The van der Waals surface area contributed by atoms with E-state index >= 15 is 0 Å². The van der Waals surface area contributed by atoms with E-state index in [1.165, 1.54) is 11.3 Å². The van der Waals surface area contributed by atoms with Crippen molar-refractivity contribution < 1.29 is 8.42 Å². The molecule has 0 aliphatic rings. The number of thiophene rings is 1. The van der Waals surface area contributed by atoms with Gasteiger partial charge in [0.25, 0.3) is 10.0 Å². The number of anilines is 1. The predicted octanol–water partition coefficient (Wildman–Crippen LogP) is 2.93. The van der Waals surface area contributed by atoms with Crippen molar-refractivity contribution in [3.05, 3.63) is 46.8 Å². The van der Waals surface area contributed by atoms with Crippen LogP contribution in [0, 0.1) is 0 Å². The fourth-order valence-corrected chi connectivity index (χ4v) is 4.49. The molecule has 3 N–H and O–H groups in total. The second-order valence-electron chi connectivity index (χ2n) is 4.55. The summed E-state index contributed by atoms with van der Waals surface area (Å²) in [7, 11) is -3.50. The Balaban J connectivity index is 2.22. The van der Waals surface area contributed by atoms with Crippen molar-refractivity contribution in [1.29, 1.82) is 0 Å². The van der Waals surface area contributed by atoms with E-state index in [1.54, 1.807) is 19.1 Å². The molecule has 0 saturated heterocycles. The van der Waals surface area contributed by atoms with E-state index < -0.39 is 10.0 Å². The van der Waals surface area contributed by atoms with Crippen LogP contribution in [0.15, 0.2) is 40.6 Å². The first kappa shape index (κ1) is 15.0. The maximum Gasteiger partial charge on any atom is 0.250 e. The van der Waals surface area contributed by atoms with Gasteiger partial charge in [-0.15, -0.1) is 11.3 Å². The summed E-state index contributed by atoms with van der Waals surface area (Å²) in [4.78, 5) is 1.05. The largest absolute Gasteiger partial charge is 0.398 e. The predicted molar refractivity (Wildman–Crippen MR) is 83.3 cm³/mol. The number of aryl methyl sites for hydroxylation is 1. The standard InChI is InChI=1S/C14H18N2O2S2/c1-3-11-8-9-14(19-11)20(17,18)16-10(2)12-6-4-5-7-13(12)15/h4-10,16H,3,15H2,1-2H3. The number of sulfonamides is 1. The normalized spacial score (nSPS) is 13.3. The van der Waals surface area contributed by atoms with Crippen molar-refractivity contribution in [1.82, 2.24) is 4.72 Å². The molecule has 1 atom stereocenters. The number of nitrogens with two attached hydrogens (primary N) is 1. The molecular weight excluding hydrogens is 292 g/mol. The zero-order valence-electron chi connectivity index (χ0n) is 11.5. The molecule has 0 aliphatic heterocycles. The van der Waals surface area contributed by atoms with Crippen molar-refractivity contribution in [3.63, 3.8) is 0 Å². The topological polar surface area (TPSA) is 72.2 Å². The first-order chi connectivity index (χ1) is 9.44. The summed E-state index contributed by atoms with van der Waals surface area (Å²) >= 11 is 1.30. The number of nitrogen functional groups attached to an aromatic ring is 1. The summed E-state index contributed by atoms with van der Waals surface area (Å²) in [6.07, 6.45) is 0.835. The van der Waals surface area contributed by atoms with Crippen LogP contribution in [0.25, 0.3) is 0 Å². The molecule has 1 aromatic heterocycles. The quantitative estimate of drug-likeness (QED) is 0.834. The molecule has 20 heavy (non-hydrogen) atoms. The summed E-state index contributed by atoms with van der Waals surface area (Å²) in [6.45, 7) is 3.79. The van der Waals surface area contributed by atoms with Crippen molar-refractivity contribution in [3.8, 4) is 0 Å². The van der Waals surface area contributed by atoms with E-state index in [0.717, 1.165) is 16.9 Å². The zero-order chi connectivity index (χ0) is 14.8. The highest BCUT2D eigenvalue weighted by molar-refractivity contribution is 7.91. The second kappa shape index (κ2) is 5.95. The number of hydrogen-bond donors (Lipinski definition) is 2. The van der Waals surface area contributed by atoms with Gasteiger partial charge in [0.05, 0.1) is 0 Å². The maximum absolute atomic E-state index is 12.3. The molecule has 0 saturated carbocycles. The molecule has 2 rings (SSSR count). The molecule has 108 valence electrons. The smallest absolute Gasteiger partial charge is 0.250 e. The minimum Gasteiger partial charge on any atom is -0.398 e. The van der Waals surface area contributed by atoms with Gasteiger partial charge in [0.15, 0.2) is 0 Å². The second-order valence-corrected chi connectivity index (χ2v) is 7.66. The highest BCUT2D eigenvalue weighted by Gasteiger charge is 2.21. The molecule has 0 bridgehead atoms. The van der Waals surface area contributed by atoms with Crippen molar-refractivity contribution in [2.75, 3.05) is 5.73 Å². The Labute approximate surface area is 123 Å². The summed E-state index contributed by atoms with van der Waals surface area (Å²) in [5.41, 5.74) is 7.24. The maximum atomic E-state index is 12.3. The van der Waals surface area contributed by atoms with Crippen molar-refractivity contribution in [2.45, 2.75) is 30.5 Å². The van der Waals surface area contributed by atoms with Crippen molar-refractivity contribution >= 4 is 27.0 Å². The highest BCUT2D eigenvalue weighted by atomic mass is 32.2. The average Bonchev–Trinajstić information content (AvgIpc) is 2.88. The van der Waals surface area contributed by atoms with Gasteiger partial charge in [0.2, 0.25) is 0 Å². The van der Waals surface area contributed by atoms with Gasteiger partial charge in [-0.3, -0.25) is 0 Å². The molecular formula is C14H18N2O2S2. The Morgan fingerprint density at radius 2 is 1.95 bits per heavy atom. The van der Waals surface area contributed by atoms with Gasteiger partial charge >= 0.3 is 0 Å². The first-order valence-corrected chi connectivity index (χ1v) is 8.69. The Hall–Kier alpha value is -1.37. The van der Waals surface area contributed by atoms with Gasteiger partial charge in [0.1, 0.15) is 4.21 Å². The molecule has 1 unspecified atom stereocenters. The van der Waals surface area contributed by atoms with Crippen LogP contribution in [0.2, 0.25) is 0 Å². The molecule has 0 spiro atoms. The molecule has 1 aromatic carbocycles. The van der Waals surface area contributed by atoms with Crippen LogP contribution in [0.3, 0.4) is 0 Å². The van der Waals surface area contributed by atoms with Gasteiger partial charge in [-0.1, -0.05) is 25.1 Å². The fourth-order valence-electron chi connectivity index (χ4n) is 1.95. The van der Waals surface area contributed by atoms with E-state index in [9.17, 15) is 8.42 Å². The lowest BCUT2D eigenvalue weighted by Gasteiger charge is -2.15. The van der Waals surface area contributed by atoms with Crippen LogP contribution in [-0.2, 0) is 16.4 Å². The Kier molecular flexibility index (Phi) is 4.47. The number of nitrogens with one attached hydrogen (secondary N) is 1. The molecule has 0 radical (unpaired) electrons. The first-order valence-electron chi connectivity index (χ1n) is 6.39. The van der Waals surface area contributed by atoms with Crippen LogP contribution in [0.4, 0.5) is 5.69 Å². The monoisotopic (exact) mass is 310 g/mol. The van der Waals surface area contributed by atoms with Crippen LogP contribution in [0.1, 0.15) is 30.3 Å². The molecule has 0 fully saturated rings. The number of rotatable bonds is 5. The molecule has 0 aliphatic carbocycles. The third kappa shape index (κ3) is 3.20. The molecule has 4 nitrogen and oxygen atoms in total. The van der Waals surface area contributed by atoms with E-state index in [2.05, 4.69) is 4.72 Å². The number of hydrogen-bond acceptors (Lipinski definition) is 4. The lowest BCUT2D eigenvalue weighted by molar-refractivity contribution is 0.569. The lowest BCUT2D eigenvalue weighted by atomic mass is 10.1. The summed E-state index contributed by atoms with van der Waals surface area (Å²) in [5.74, 6) is 0. The third-order valence-electron chi connectivity index (χ3n) is 3.04. The zero-order valence-corrected chi connectivity index (χ0v) is 13.1. The third-order valence-corrected chi connectivity index (χ3v) is 6.31. The fraction of sp³-hybridized carbons (Fsp3) is 0.286. The van der Waals surface area contributed by atoms with Gasteiger partial charge in [-0.2, -0.15) is 0 Å². The van der Waals surface area contributed by atoms with E-state index in [4.69, 9.17) is 5.73 Å². The Bertz CT molecular complexity index is 693. The van der Waals surface area contributed by atoms with Crippen LogP contribution in [-0.4, -0.2) is 8.42 Å². The van der Waals surface area contributed by atoms with Crippen LogP contribution < -0.4 is 10.5 Å². The van der Waals surface area contributed by atoms with E-state index in [-0.39, 0.29) is 6.04 Å². The minimum absolute atomic E-state index is 0.343. The van der Waals surface area contributed by atoms with Gasteiger partial charge < -0.3 is 5.73 Å².